The maximum Gasteiger partial charge on any atom is 0.227 e. The number of aryl methyl sites for hydroxylation is 1. The highest BCUT2D eigenvalue weighted by Crippen LogP contribution is 2.36. The fraction of sp³-hybridized carbons (Fsp3) is 0.0385. The van der Waals surface area contributed by atoms with Gasteiger partial charge in [-0.3, -0.25) is 5.10 Å². The molecule has 0 atom stereocenters. The molecule has 0 bridgehead atoms. The van der Waals surface area contributed by atoms with Crippen molar-refractivity contribution in [3.8, 4) is 33.5 Å². The number of rotatable bonds is 6. The molecule has 2 aromatic carbocycles. The van der Waals surface area contributed by atoms with Crippen LogP contribution in [0.25, 0.3) is 32.6 Å². The van der Waals surface area contributed by atoms with Crippen LogP contribution < -0.4 is 15.8 Å². The van der Waals surface area contributed by atoms with Gasteiger partial charge in [0.05, 0.1) is 6.20 Å². The molecule has 0 spiro atoms. The average molecular weight is 511 g/mol. The van der Waals surface area contributed by atoms with E-state index in [2.05, 4.69) is 35.7 Å². The van der Waals surface area contributed by atoms with Gasteiger partial charge in [-0.25, -0.2) is 14.4 Å². The van der Waals surface area contributed by atoms with E-state index in [0.29, 0.717) is 34.1 Å². The predicted molar refractivity (Wildman–Crippen MR) is 141 cm³/mol. The van der Waals surface area contributed by atoms with Crippen LogP contribution in [0.4, 0.5) is 21.7 Å². The summed E-state index contributed by atoms with van der Waals surface area (Å²) in [5.74, 6) is 0.511. The highest BCUT2D eigenvalue weighted by Gasteiger charge is 2.17. The molecule has 0 fully saturated rings. The molecule has 0 unspecified atom stereocenters. The molecule has 0 saturated heterocycles. The van der Waals surface area contributed by atoms with E-state index in [1.807, 2.05) is 36.6 Å². The van der Waals surface area contributed by atoms with Crippen LogP contribution in [0.15, 0.2) is 72.4 Å². The smallest absolute Gasteiger partial charge is 0.227 e. The molecule has 0 saturated carbocycles. The molecular weight excluding hydrogens is 491 g/mol. The molecule has 4 N–H and O–H groups in total. The van der Waals surface area contributed by atoms with Gasteiger partial charge in [0.25, 0.3) is 0 Å². The first-order valence-electron chi connectivity index (χ1n) is 11.2. The first kappa shape index (κ1) is 22.6. The summed E-state index contributed by atoms with van der Waals surface area (Å²) in [7, 11) is 0. The minimum atomic E-state index is -0.575. The Bertz CT molecular complexity index is 1750. The molecule has 11 heteroatoms. The number of nitrogens with zero attached hydrogens (tertiary/aromatic N) is 5. The Morgan fingerprint density at radius 3 is 2.65 bits per heavy atom. The standard InChI is InChI=1S/C26H19FN8OS/c1-14-13-37-26(31-14)22-16-5-2-3-6-17(16)24(35-33-22)32-15-8-9-21(20(27)11-15)36-25-18(7-4-10-29-25)19-12-30-34-23(19)28/h2-13H,1H3,(H,32,35)(H3,28,30,34). The molecule has 0 aliphatic heterocycles. The van der Waals surface area contributed by atoms with Crippen molar-refractivity contribution >= 4 is 39.4 Å². The summed E-state index contributed by atoms with van der Waals surface area (Å²) in [5.41, 5.74) is 9.27. The van der Waals surface area contributed by atoms with Crippen LogP contribution in [0.2, 0.25) is 0 Å². The van der Waals surface area contributed by atoms with E-state index in [9.17, 15) is 0 Å². The average Bonchev–Trinajstić information content (AvgIpc) is 3.54. The fourth-order valence-electron chi connectivity index (χ4n) is 3.91. The Kier molecular flexibility index (Phi) is 5.66. The Hall–Kier alpha value is -4.90. The summed E-state index contributed by atoms with van der Waals surface area (Å²) in [6.45, 7) is 1.94. The summed E-state index contributed by atoms with van der Waals surface area (Å²) >= 11 is 1.52. The lowest BCUT2D eigenvalue weighted by molar-refractivity contribution is 0.429. The Balaban J connectivity index is 1.29. The summed E-state index contributed by atoms with van der Waals surface area (Å²) in [6.07, 6.45) is 3.12. The molecule has 37 heavy (non-hydrogen) atoms. The molecule has 0 aliphatic carbocycles. The van der Waals surface area contributed by atoms with E-state index in [-0.39, 0.29) is 11.6 Å². The van der Waals surface area contributed by atoms with Crippen LogP contribution in [-0.4, -0.2) is 30.4 Å². The van der Waals surface area contributed by atoms with Gasteiger partial charge in [0, 0.05) is 50.9 Å². The maximum atomic E-state index is 15.1. The molecule has 0 amide bonds. The first-order valence-corrected chi connectivity index (χ1v) is 12.1. The van der Waals surface area contributed by atoms with Gasteiger partial charge < -0.3 is 15.8 Å². The highest BCUT2D eigenvalue weighted by atomic mass is 32.1. The number of anilines is 3. The van der Waals surface area contributed by atoms with Crippen LogP contribution >= 0.6 is 11.3 Å². The molecular formula is C26H19FN8OS. The number of fused-ring (bicyclic) bond motifs is 1. The molecule has 0 aliphatic rings. The normalized spacial score (nSPS) is 11.1. The quantitative estimate of drug-likeness (QED) is 0.245. The van der Waals surface area contributed by atoms with Crippen LogP contribution in [0, 0.1) is 12.7 Å². The van der Waals surface area contributed by atoms with E-state index in [4.69, 9.17) is 10.5 Å². The van der Waals surface area contributed by atoms with Crippen LogP contribution in [-0.2, 0) is 0 Å². The van der Waals surface area contributed by atoms with Crippen LogP contribution in [0.5, 0.6) is 11.6 Å². The second kappa shape index (κ2) is 9.28. The van der Waals surface area contributed by atoms with E-state index < -0.39 is 5.82 Å². The number of aromatic amines is 1. The zero-order valence-corrected chi connectivity index (χ0v) is 20.3. The number of hydrogen-bond acceptors (Lipinski definition) is 9. The van der Waals surface area contributed by atoms with Gasteiger partial charge >= 0.3 is 0 Å². The number of aromatic nitrogens is 6. The van der Waals surface area contributed by atoms with E-state index in [1.165, 1.54) is 23.5 Å². The van der Waals surface area contributed by atoms with Crippen molar-refractivity contribution in [2.45, 2.75) is 6.92 Å². The van der Waals surface area contributed by atoms with Crippen molar-refractivity contribution in [1.29, 1.82) is 0 Å². The summed E-state index contributed by atoms with van der Waals surface area (Å²) in [5, 5.41) is 23.1. The molecule has 182 valence electrons. The van der Waals surface area contributed by atoms with E-state index in [1.54, 1.807) is 30.6 Å². The van der Waals surface area contributed by atoms with Crippen LogP contribution in [0.3, 0.4) is 0 Å². The van der Waals surface area contributed by atoms with Crippen molar-refractivity contribution in [3.05, 3.63) is 83.9 Å². The highest BCUT2D eigenvalue weighted by molar-refractivity contribution is 7.13. The number of hydrogen-bond donors (Lipinski definition) is 3. The van der Waals surface area contributed by atoms with Gasteiger partial charge in [-0.1, -0.05) is 24.3 Å². The molecule has 6 aromatic rings. The van der Waals surface area contributed by atoms with E-state index >= 15 is 4.39 Å². The number of nitrogens with one attached hydrogen (secondary N) is 2. The number of thiazole rings is 1. The van der Waals surface area contributed by atoms with Crippen LogP contribution in [0.1, 0.15) is 5.69 Å². The number of ether oxygens (including phenoxy) is 1. The Labute approximate surface area is 214 Å². The van der Waals surface area contributed by atoms with Crippen molar-refractivity contribution in [3.63, 3.8) is 0 Å². The van der Waals surface area contributed by atoms with Crippen molar-refractivity contribution in [1.82, 2.24) is 30.4 Å². The lowest BCUT2D eigenvalue weighted by Gasteiger charge is -2.13. The van der Waals surface area contributed by atoms with Crippen molar-refractivity contribution < 1.29 is 9.13 Å². The van der Waals surface area contributed by atoms with Gasteiger partial charge in [-0.15, -0.1) is 21.5 Å². The topological polar surface area (TPSA) is 128 Å². The summed E-state index contributed by atoms with van der Waals surface area (Å²) < 4.78 is 20.9. The zero-order chi connectivity index (χ0) is 25.4. The Morgan fingerprint density at radius 2 is 1.89 bits per heavy atom. The minimum absolute atomic E-state index is 0.0120. The number of H-pyrrole nitrogens is 1. The fourth-order valence-corrected chi connectivity index (χ4v) is 4.70. The predicted octanol–water partition coefficient (Wildman–Crippen LogP) is 6.10. The van der Waals surface area contributed by atoms with Gasteiger partial charge in [0.15, 0.2) is 17.4 Å². The molecule has 4 aromatic heterocycles. The van der Waals surface area contributed by atoms with E-state index in [0.717, 1.165) is 21.5 Å². The molecule has 9 nitrogen and oxygen atoms in total. The van der Waals surface area contributed by atoms with Gasteiger partial charge in [-0.2, -0.15) is 5.10 Å². The zero-order valence-electron chi connectivity index (χ0n) is 19.4. The molecule has 4 heterocycles. The third kappa shape index (κ3) is 4.32. The largest absolute Gasteiger partial charge is 0.435 e. The SMILES string of the molecule is Cc1csc(-c2nnc(Nc3ccc(Oc4ncccc4-c4cn[nH]c4N)c(F)c3)c3ccccc23)n1. The lowest BCUT2D eigenvalue weighted by Crippen LogP contribution is -2.00. The van der Waals surface area contributed by atoms with Gasteiger partial charge in [0.1, 0.15) is 16.5 Å². The number of nitrogens with two attached hydrogens (primary N) is 1. The second-order valence-corrected chi connectivity index (χ2v) is 9.02. The Morgan fingerprint density at radius 1 is 1.03 bits per heavy atom. The van der Waals surface area contributed by atoms with Gasteiger partial charge in [-0.05, 0) is 31.2 Å². The van der Waals surface area contributed by atoms with Crippen molar-refractivity contribution in [2.75, 3.05) is 11.1 Å². The second-order valence-electron chi connectivity index (χ2n) is 8.16. The lowest BCUT2D eigenvalue weighted by atomic mass is 10.1. The molecule has 0 radical (unpaired) electrons. The summed E-state index contributed by atoms with van der Waals surface area (Å²) in [4.78, 5) is 8.79. The third-order valence-corrected chi connectivity index (χ3v) is 6.61. The van der Waals surface area contributed by atoms with Gasteiger partial charge in [0.2, 0.25) is 5.88 Å². The number of halogens is 1. The summed E-state index contributed by atoms with van der Waals surface area (Å²) in [6, 6.07) is 15.8. The number of nitrogen functional groups attached to an aromatic ring is 1. The number of pyridine rings is 1. The number of benzene rings is 2. The minimum Gasteiger partial charge on any atom is -0.435 e. The third-order valence-electron chi connectivity index (χ3n) is 5.64. The maximum absolute atomic E-state index is 15.1. The van der Waals surface area contributed by atoms with Crippen molar-refractivity contribution in [2.24, 2.45) is 0 Å². The monoisotopic (exact) mass is 510 g/mol. The molecule has 6 rings (SSSR count). The first-order chi connectivity index (χ1) is 18.1.